The van der Waals surface area contributed by atoms with E-state index in [9.17, 15) is 23.2 Å². The van der Waals surface area contributed by atoms with Gasteiger partial charge in [0, 0.05) is 36.7 Å². The van der Waals surface area contributed by atoms with E-state index in [1.165, 1.54) is 24.3 Å². The van der Waals surface area contributed by atoms with Crippen LogP contribution < -0.4 is 15.4 Å². The number of carbonyl (C=O) groups excluding carboxylic acids is 3. The topological polar surface area (TPSA) is 115 Å². The summed E-state index contributed by atoms with van der Waals surface area (Å²) in [6, 6.07) is 12.4. The van der Waals surface area contributed by atoms with Crippen molar-refractivity contribution in [1.29, 1.82) is 0 Å². The van der Waals surface area contributed by atoms with Gasteiger partial charge in [0.15, 0.2) is 17.2 Å². The van der Waals surface area contributed by atoms with Gasteiger partial charge in [-0.3, -0.25) is 14.4 Å². The van der Waals surface area contributed by atoms with Crippen molar-refractivity contribution in [3.05, 3.63) is 94.4 Å². The molecule has 0 saturated heterocycles. The number of rotatable bonds is 6. The average molecular weight is 491 g/mol. The van der Waals surface area contributed by atoms with Crippen LogP contribution in [0.1, 0.15) is 37.7 Å². The first-order valence-corrected chi connectivity index (χ1v) is 11.0. The van der Waals surface area contributed by atoms with Gasteiger partial charge in [0.1, 0.15) is 29.6 Å². The standard InChI is InChI=1S/C25H19F2N5O4/c26-18-4-2-1-3-15(18)11-29-25(35)21-9-20(31-23-19(27)12-30-32(21)23)24(34)28-10-14-5-6-22-16(7-14)8-17(33)13-36-22/h1-7,9,12H,8,10-11,13H2,(H,28,34)(H,29,35). The first kappa shape index (κ1) is 23.1. The highest BCUT2D eigenvalue weighted by Gasteiger charge is 2.21. The molecule has 0 fully saturated rings. The van der Waals surface area contributed by atoms with Gasteiger partial charge < -0.3 is 15.4 Å². The lowest BCUT2D eigenvalue weighted by Crippen LogP contribution is -2.29. The summed E-state index contributed by atoms with van der Waals surface area (Å²) in [5, 5.41) is 9.06. The van der Waals surface area contributed by atoms with Gasteiger partial charge in [-0.25, -0.2) is 18.3 Å². The van der Waals surface area contributed by atoms with Crippen molar-refractivity contribution in [3.63, 3.8) is 0 Å². The van der Waals surface area contributed by atoms with Crippen molar-refractivity contribution in [2.75, 3.05) is 6.61 Å². The van der Waals surface area contributed by atoms with Crippen LogP contribution in [0.2, 0.25) is 0 Å². The summed E-state index contributed by atoms with van der Waals surface area (Å²) in [5.74, 6) is -2.05. The molecular weight excluding hydrogens is 472 g/mol. The smallest absolute Gasteiger partial charge is 0.270 e. The Labute approximate surface area is 203 Å². The number of aromatic nitrogens is 3. The molecule has 0 bridgehead atoms. The van der Waals surface area contributed by atoms with Gasteiger partial charge in [0.05, 0.1) is 6.20 Å². The van der Waals surface area contributed by atoms with Gasteiger partial charge in [0.2, 0.25) is 0 Å². The lowest BCUT2D eigenvalue weighted by Gasteiger charge is -2.17. The van der Waals surface area contributed by atoms with E-state index in [0.717, 1.165) is 21.8 Å². The van der Waals surface area contributed by atoms with E-state index in [1.807, 2.05) is 0 Å². The first-order valence-electron chi connectivity index (χ1n) is 11.0. The van der Waals surface area contributed by atoms with E-state index in [4.69, 9.17) is 4.74 Å². The van der Waals surface area contributed by atoms with Gasteiger partial charge >= 0.3 is 0 Å². The Morgan fingerprint density at radius 3 is 2.64 bits per heavy atom. The molecule has 0 saturated carbocycles. The number of Topliss-reactive ketones (excluding diaryl/α,β-unsaturated/α-hetero) is 1. The van der Waals surface area contributed by atoms with E-state index in [0.29, 0.717) is 5.75 Å². The molecule has 2 N–H and O–H groups in total. The lowest BCUT2D eigenvalue weighted by molar-refractivity contribution is -0.121. The number of hydrogen-bond donors (Lipinski definition) is 2. The number of hydrogen-bond acceptors (Lipinski definition) is 6. The number of nitrogens with one attached hydrogen (secondary N) is 2. The summed E-state index contributed by atoms with van der Waals surface area (Å²) in [4.78, 5) is 41.4. The molecule has 0 unspecified atom stereocenters. The number of nitrogens with zero attached hydrogens (tertiary/aromatic N) is 3. The third-order valence-electron chi connectivity index (χ3n) is 5.65. The number of halogens is 2. The second kappa shape index (κ2) is 9.53. The maximum atomic E-state index is 14.3. The minimum absolute atomic E-state index is 0.0372. The number of ketones is 1. The zero-order valence-electron chi connectivity index (χ0n) is 18.8. The minimum Gasteiger partial charge on any atom is -0.486 e. The molecule has 0 radical (unpaired) electrons. The largest absolute Gasteiger partial charge is 0.486 e. The quantitative estimate of drug-likeness (QED) is 0.428. The predicted molar refractivity (Wildman–Crippen MR) is 122 cm³/mol. The summed E-state index contributed by atoms with van der Waals surface area (Å²) in [6.07, 6.45) is 1.13. The Morgan fingerprint density at radius 1 is 1.00 bits per heavy atom. The molecule has 2 aromatic heterocycles. The Morgan fingerprint density at radius 2 is 1.81 bits per heavy atom. The van der Waals surface area contributed by atoms with Gasteiger partial charge in [-0.05, 0) is 23.8 Å². The first-order chi connectivity index (χ1) is 17.4. The summed E-state index contributed by atoms with van der Waals surface area (Å²) in [6.45, 7) is 0.0213. The molecular formula is C25H19F2N5O4. The number of fused-ring (bicyclic) bond motifs is 2. The fourth-order valence-corrected chi connectivity index (χ4v) is 3.84. The Kier molecular flexibility index (Phi) is 6.11. The maximum Gasteiger partial charge on any atom is 0.270 e. The van der Waals surface area contributed by atoms with Gasteiger partial charge in [0.25, 0.3) is 11.8 Å². The molecule has 1 aliphatic heterocycles. The van der Waals surface area contributed by atoms with E-state index in [1.54, 1.807) is 24.3 Å². The van der Waals surface area contributed by atoms with Gasteiger partial charge in [-0.15, -0.1) is 0 Å². The van der Waals surface area contributed by atoms with Crippen LogP contribution in [-0.2, 0) is 24.3 Å². The highest BCUT2D eigenvalue weighted by Crippen LogP contribution is 2.24. The second-order valence-corrected chi connectivity index (χ2v) is 8.16. The molecule has 36 heavy (non-hydrogen) atoms. The van der Waals surface area contributed by atoms with Crippen LogP contribution in [0, 0.1) is 11.6 Å². The normalized spacial score (nSPS) is 12.7. The van der Waals surface area contributed by atoms with Crippen LogP contribution in [0.4, 0.5) is 8.78 Å². The van der Waals surface area contributed by atoms with Crippen LogP contribution in [0.25, 0.3) is 5.65 Å². The average Bonchev–Trinajstić information content (AvgIpc) is 3.26. The summed E-state index contributed by atoms with van der Waals surface area (Å²) >= 11 is 0. The molecule has 5 rings (SSSR count). The molecule has 9 nitrogen and oxygen atoms in total. The third-order valence-corrected chi connectivity index (χ3v) is 5.65. The summed E-state index contributed by atoms with van der Waals surface area (Å²) in [7, 11) is 0. The van der Waals surface area contributed by atoms with E-state index < -0.39 is 23.4 Å². The van der Waals surface area contributed by atoms with Gasteiger partial charge in [-0.2, -0.15) is 5.10 Å². The van der Waals surface area contributed by atoms with E-state index in [2.05, 4.69) is 20.7 Å². The monoisotopic (exact) mass is 491 g/mol. The highest BCUT2D eigenvalue weighted by molar-refractivity contribution is 5.98. The van der Waals surface area contributed by atoms with E-state index in [-0.39, 0.29) is 54.5 Å². The van der Waals surface area contributed by atoms with Crippen molar-refractivity contribution < 1.29 is 27.9 Å². The Hall–Kier alpha value is -4.67. The van der Waals surface area contributed by atoms with Crippen LogP contribution in [0.5, 0.6) is 5.75 Å². The minimum atomic E-state index is -0.813. The van der Waals surface area contributed by atoms with Crippen LogP contribution >= 0.6 is 0 Å². The molecule has 2 amide bonds. The molecule has 0 atom stereocenters. The maximum absolute atomic E-state index is 14.3. The molecule has 2 aromatic carbocycles. The third kappa shape index (κ3) is 4.63. The number of amides is 2. The van der Waals surface area contributed by atoms with Crippen molar-refractivity contribution in [2.24, 2.45) is 0 Å². The fourth-order valence-electron chi connectivity index (χ4n) is 3.84. The fraction of sp³-hybridized carbons (Fsp3) is 0.160. The van der Waals surface area contributed by atoms with Crippen molar-refractivity contribution >= 4 is 23.2 Å². The van der Waals surface area contributed by atoms with Gasteiger partial charge in [-0.1, -0.05) is 24.3 Å². The highest BCUT2D eigenvalue weighted by atomic mass is 19.1. The van der Waals surface area contributed by atoms with Crippen molar-refractivity contribution in [2.45, 2.75) is 19.5 Å². The second-order valence-electron chi connectivity index (χ2n) is 8.16. The van der Waals surface area contributed by atoms with Crippen LogP contribution in [-0.4, -0.2) is 38.8 Å². The molecule has 4 aromatic rings. The SMILES string of the molecule is O=C1COc2ccc(CNC(=O)c3cc(C(=O)NCc4ccccc4F)n4ncc(F)c4n3)cc2C1. The predicted octanol–water partition coefficient (Wildman–Crippen LogP) is 2.37. The molecule has 11 heteroatoms. The summed E-state index contributed by atoms with van der Waals surface area (Å²) in [5.41, 5.74) is 1.07. The molecule has 182 valence electrons. The molecule has 1 aliphatic rings. The van der Waals surface area contributed by atoms with E-state index >= 15 is 0 Å². The zero-order chi connectivity index (χ0) is 25.2. The number of benzene rings is 2. The lowest BCUT2D eigenvalue weighted by atomic mass is 10.0. The zero-order valence-corrected chi connectivity index (χ0v) is 18.8. The van der Waals surface area contributed by atoms with Crippen molar-refractivity contribution in [1.82, 2.24) is 25.2 Å². The van der Waals surface area contributed by atoms with Crippen LogP contribution in [0.3, 0.4) is 0 Å². The molecule has 0 spiro atoms. The number of ether oxygens (including phenoxy) is 1. The number of carbonyl (C=O) groups is 3. The molecule has 3 heterocycles. The Bertz CT molecular complexity index is 1520. The van der Waals surface area contributed by atoms with Crippen LogP contribution in [0.15, 0.2) is 54.7 Å². The molecule has 0 aliphatic carbocycles. The Balaban J connectivity index is 1.35. The summed E-state index contributed by atoms with van der Waals surface area (Å²) < 4.78 is 34.5. The van der Waals surface area contributed by atoms with Crippen molar-refractivity contribution in [3.8, 4) is 5.75 Å².